The highest BCUT2D eigenvalue weighted by atomic mass is 16.5. The van der Waals surface area contributed by atoms with Crippen molar-refractivity contribution in [3.8, 4) is 0 Å². The van der Waals surface area contributed by atoms with Gasteiger partial charge in [0.1, 0.15) is 11.4 Å². The van der Waals surface area contributed by atoms with Crippen LogP contribution in [0.15, 0.2) is 9.59 Å². The summed E-state index contributed by atoms with van der Waals surface area (Å²) in [6.07, 6.45) is 0. The van der Waals surface area contributed by atoms with Gasteiger partial charge in [-0.15, -0.1) is 0 Å². The molecule has 1 aromatic rings. The third-order valence-electron chi connectivity index (χ3n) is 2.99. The SMILES string of the molecule is CNc1c(NCCN2CCOCC2)c(=O)c1=O. The van der Waals surface area contributed by atoms with E-state index in [9.17, 15) is 9.59 Å². The molecule has 0 aliphatic carbocycles. The molecule has 1 aliphatic heterocycles. The second kappa shape index (κ2) is 5.29. The lowest BCUT2D eigenvalue weighted by Gasteiger charge is -2.26. The first-order valence-electron chi connectivity index (χ1n) is 5.79. The first-order chi connectivity index (χ1) is 8.24. The van der Waals surface area contributed by atoms with E-state index in [1.165, 1.54) is 0 Å². The Kier molecular flexibility index (Phi) is 3.75. The Morgan fingerprint density at radius 2 is 1.82 bits per heavy atom. The Hall–Kier alpha value is -1.40. The fourth-order valence-electron chi connectivity index (χ4n) is 1.96. The van der Waals surface area contributed by atoms with Crippen molar-refractivity contribution >= 4 is 11.4 Å². The van der Waals surface area contributed by atoms with Gasteiger partial charge in [0.15, 0.2) is 0 Å². The minimum Gasteiger partial charge on any atom is -0.383 e. The van der Waals surface area contributed by atoms with Gasteiger partial charge in [-0.3, -0.25) is 14.5 Å². The molecule has 6 nitrogen and oxygen atoms in total. The number of ether oxygens (including phenoxy) is 1. The monoisotopic (exact) mass is 239 g/mol. The minimum absolute atomic E-state index is 0.400. The number of anilines is 2. The van der Waals surface area contributed by atoms with Crippen LogP contribution >= 0.6 is 0 Å². The maximum Gasteiger partial charge on any atom is 0.253 e. The first-order valence-corrected chi connectivity index (χ1v) is 5.79. The molecule has 0 spiro atoms. The van der Waals surface area contributed by atoms with Gasteiger partial charge < -0.3 is 15.4 Å². The topological polar surface area (TPSA) is 70.7 Å². The van der Waals surface area contributed by atoms with E-state index in [1.807, 2.05) is 0 Å². The maximum atomic E-state index is 11.3. The van der Waals surface area contributed by atoms with E-state index in [0.717, 1.165) is 32.8 Å². The van der Waals surface area contributed by atoms with Crippen LogP contribution in [0.4, 0.5) is 11.4 Å². The van der Waals surface area contributed by atoms with Gasteiger partial charge in [-0.2, -0.15) is 0 Å². The molecule has 0 saturated carbocycles. The number of nitrogens with zero attached hydrogens (tertiary/aromatic N) is 1. The highest BCUT2D eigenvalue weighted by Gasteiger charge is 2.19. The van der Waals surface area contributed by atoms with Crippen LogP contribution in [0.1, 0.15) is 0 Å². The van der Waals surface area contributed by atoms with Crippen molar-refractivity contribution < 1.29 is 4.74 Å². The molecule has 0 aromatic heterocycles. The van der Waals surface area contributed by atoms with Gasteiger partial charge in [0.2, 0.25) is 0 Å². The molecule has 1 fully saturated rings. The molecule has 2 N–H and O–H groups in total. The van der Waals surface area contributed by atoms with Gasteiger partial charge >= 0.3 is 0 Å². The molecule has 94 valence electrons. The van der Waals surface area contributed by atoms with Gasteiger partial charge in [-0.25, -0.2) is 0 Å². The van der Waals surface area contributed by atoms with Crippen LogP contribution in [0, 0.1) is 0 Å². The Bertz CT molecular complexity index is 445. The standard InChI is InChI=1S/C11H17N3O3/c1-12-8-9(11(16)10(8)15)13-2-3-14-4-6-17-7-5-14/h12-13H,2-7H2,1H3. The molecular weight excluding hydrogens is 222 g/mol. The summed E-state index contributed by atoms with van der Waals surface area (Å²) in [5, 5.41) is 5.75. The Morgan fingerprint density at radius 3 is 2.47 bits per heavy atom. The predicted molar refractivity (Wildman–Crippen MR) is 66.6 cm³/mol. The molecular formula is C11H17N3O3. The van der Waals surface area contributed by atoms with Crippen molar-refractivity contribution in [2.45, 2.75) is 0 Å². The van der Waals surface area contributed by atoms with Crippen molar-refractivity contribution in [3.63, 3.8) is 0 Å². The summed E-state index contributed by atoms with van der Waals surface area (Å²) in [5.41, 5.74) is -0.0274. The predicted octanol–water partition coefficient (Wildman–Crippen LogP) is -0.932. The molecule has 6 heteroatoms. The summed E-state index contributed by atoms with van der Waals surface area (Å²) in [6, 6.07) is 0. The van der Waals surface area contributed by atoms with E-state index >= 15 is 0 Å². The molecule has 1 aromatic carbocycles. The number of rotatable bonds is 5. The van der Waals surface area contributed by atoms with Crippen LogP contribution in [0.3, 0.4) is 0 Å². The summed E-state index contributed by atoms with van der Waals surface area (Å²) in [5.74, 6) is 0. The maximum absolute atomic E-state index is 11.3. The summed E-state index contributed by atoms with van der Waals surface area (Å²) in [7, 11) is 1.64. The van der Waals surface area contributed by atoms with Crippen molar-refractivity contribution in [1.29, 1.82) is 0 Å². The van der Waals surface area contributed by atoms with E-state index in [2.05, 4.69) is 15.5 Å². The molecule has 0 unspecified atom stereocenters. The second-order valence-corrected chi connectivity index (χ2v) is 4.04. The Balaban J connectivity index is 1.80. The van der Waals surface area contributed by atoms with E-state index in [1.54, 1.807) is 7.05 Å². The lowest BCUT2D eigenvalue weighted by Crippen LogP contribution is -2.41. The largest absolute Gasteiger partial charge is 0.383 e. The zero-order valence-corrected chi connectivity index (χ0v) is 9.91. The summed E-state index contributed by atoms with van der Waals surface area (Å²) in [4.78, 5) is 24.7. The van der Waals surface area contributed by atoms with Gasteiger partial charge in [0.25, 0.3) is 10.9 Å². The number of nitrogens with one attached hydrogen (secondary N) is 2. The molecule has 2 rings (SSSR count). The van der Waals surface area contributed by atoms with E-state index in [-0.39, 0.29) is 0 Å². The number of hydrogen-bond acceptors (Lipinski definition) is 6. The normalized spacial score (nSPS) is 17.2. The van der Waals surface area contributed by atoms with Gasteiger partial charge in [0, 0.05) is 33.2 Å². The van der Waals surface area contributed by atoms with Crippen LogP contribution < -0.4 is 21.5 Å². The third kappa shape index (κ3) is 2.48. The molecule has 1 saturated heterocycles. The fraction of sp³-hybridized carbons (Fsp3) is 0.636. The zero-order valence-electron chi connectivity index (χ0n) is 9.91. The zero-order chi connectivity index (χ0) is 12.3. The average molecular weight is 239 g/mol. The molecule has 0 amide bonds. The van der Waals surface area contributed by atoms with Crippen molar-refractivity contribution in [1.82, 2.24) is 4.90 Å². The van der Waals surface area contributed by atoms with Crippen molar-refractivity contribution in [2.75, 3.05) is 57.1 Å². The van der Waals surface area contributed by atoms with Crippen molar-refractivity contribution in [2.24, 2.45) is 0 Å². The molecule has 17 heavy (non-hydrogen) atoms. The Morgan fingerprint density at radius 1 is 1.18 bits per heavy atom. The minimum atomic E-state index is -0.429. The second-order valence-electron chi connectivity index (χ2n) is 4.04. The summed E-state index contributed by atoms with van der Waals surface area (Å²) >= 11 is 0. The average Bonchev–Trinajstić information content (AvgIpc) is 2.38. The van der Waals surface area contributed by atoms with Crippen LogP contribution in [0.5, 0.6) is 0 Å². The van der Waals surface area contributed by atoms with Crippen LogP contribution in [-0.2, 0) is 4.74 Å². The van der Waals surface area contributed by atoms with Gasteiger partial charge in [-0.05, 0) is 0 Å². The summed E-state index contributed by atoms with van der Waals surface area (Å²) in [6.45, 7) is 4.90. The third-order valence-corrected chi connectivity index (χ3v) is 2.99. The lowest BCUT2D eigenvalue weighted by atomic mass is 10.2. The smallest absolute Gasteiger partial charge is 0.253 e. The number of morpholine rings is 1. The van der Waals surface area contributed by atoms with Crippen LogP contribution in [-0.4, -0.2) is 51.3 Å². The highest BCUT2D eigenvalue weighted by Crippen LogP contribution is 2.12. The molecule has 0 bridgehead atoms. The highest BCUT2D eigenvalue weighted by molar-refractivity contribution is 5.73. The molecule has 1 heterocycles. The first kappa shape index (κ1) is 12.1. The number of hydrogen-bond donors (Lipinski definition) is 2. The fourth-order valence-corrected chi connectivity index (χ4v) is 1.96. The summed E-state index contributed by atoms with van der Waals surface area (Å²) < 4.78 is 5.24. The molecule has 0 radical (unpaired) electrons. The quantitative estimate of drug-likeness (QED) is 0.647. The molecule has 0 atom stereocenters. The van der Waals surface area contributed by atoms with Gasteiger partial charge in [-0.1, -0.05) is 0 Å². The Labute approximate surface area is 99.3 Å². The van der Waals surface area contributed by atoms with E-state index < -0.39 is 10.9 Å². The van der Waals surface area contributed by atoms with E-state index in [4.69, 9.17) is 4.74 Å². The lowest BCUT2D eigenvalue weighted by molar-refractivity contribution is 0.0398. The van der Waals surface area contributed by atoms with Gasteiger partial charge in [0.05, 0.1) is 13.2 Å². The van der Waals surface area contributed by atoms with E-state index in [0.29, 0.717) is 17.9 Å². The van der Waals surface area contributed by atoms with Crippen LogP contribution in [0.2, 0.25) is 0 Å². The molecule has 1 aliphatic rings. The van der Waals surface area contributed by atoms with Crippen molar-refractivity contribution in [3.05, 3.63) is 20.4 Å². The van der Waals surface area contributed by atoms with Crippen LogP contribution in [0.25, 0.3) is 0 Å².